The Kier molecular flexibility index (Phi) is 3.24. The largest absolute Gasteiger partial charge is 0.395 e. The molecule has 0 amide bonds. The summed E-state index contributed by atoms with van der Waals surface area (Å²) in [5.74, 6) is 1.37. The molecule has 0 atom stereocenters. The summed E-state index contributed by atoms with van der Waals surface area (Å²) in [7, 11) is 1.72. The minimum atomic E-state index is -0.0362. The summed E-state index contributed by atoms with van der Waals surface area (Å²) in [4.78, 5) is 14.5. The summed E-state index contributed by atoms with van der Waals surface area (Å²) in [5, 5.41) is 19.7. The molecule has 0 aromatic carbocycles. The topological polar surface area (TPSA) is 75.7 Å². The Morgan fingerprint density at radius 1 is 1.45 bits per heavy atom. The molecule has 22 heavy (non-hydrogen) atoms. The third-order valence-electron chi connectivity index (χ3n) is 4.19. The Balaban J connectivity index is 1.86. The maximum atomic E-state index is 12.3. The van der Waals surface area contributed by atoms with E-state index in [9.17, 15) is 9.90 Å². The van der Waals surface area contributed by atoms with Gasteiger partial charge in [-0.2, -0.15) is 0 Å². The van der Waals surface area contributed by atoms with E-state index in [2.05, 4.69) is 15.1 Å². The highest BCUT2D eigenvalue weighted by Gasteiger charge is 2.30. The van der Waals surface area contributed by atoms with Gasteiger partial charge in [-0.15, -0.1) is 21.5 Å². The average Bonchev–Trinajstić information content (AvgIpc) is 3.09. The van der Waals surface area contributed by atoms with Crippen LogP contribution in [0.3, 0.4) is 0 Å². The van der Waals surface area contributed by atoms with Crippen molar-refractivity contribution in [2.75, 3.05) is 13.2 Å². The minimum Gasteiger partial charge on any atom is -0.395 e. The van der Waals surface area contributed by atoms with E-state index in [0.29, 0.717) is 24.9 Å². The number of hydrogen-bond donors (Lipinski definition) is 1. The maximum absolute atomic E-state index is 12.3. The normalized spacial score (nSPS) is 15.4. The summed E-state index contributed by atoms with van der Waals surface area (Å²) in [6.07, 6.45) is 2.34. The first-order chi connectivity index (χ1) is 10.7. The predicted octanol–water partition coefficient (Wildman–Crippen LogP) is 0.599. The van der Waals surface area contributed by atoms with Crippen LogP contribution in [-0.2, 0) is 13.6 Å². The van der Waals surface area contributed by atoms with Crippen LogP contribution >= 0.6 is 11.3 Å². The number of aliphatic hydroxyl groups is 1. The second-order valence-electron chi connectivity index (χ2n) is 5.68. The van der Waals surface area contributed by atoms with Crippen LogP contribution in [0.5, 0.6) is 0 Å². The van der Waals surface area contributed by atoms with E-state index in [0.717, 1.165) is 16.0 Å². The molecule has 0 radical (unpaired) electrons. The maximum Gasteiger partial charge on any atom is 0.272 e. The van der Waals surface area contributed by atoms with Crippen LogP contribution in [0, 0.1) is 0 Å². The van der Waals surface area contributed by atoms with Gasteiger partial charge < -0.3 is 5.11 Å². The second-order valence-corrected chi connectivity index (χ2v) is 6.59. The zero-order valence-electron chi connectivity index (χ0n) is 12.3. The first-order valence-corrected chi connectivity index (χ1v) is 8.24. The summed E-state index contributed by atoms with van der Waals surface area (Å²) in [6, 6.07) is 2.47. The summed E-state index contributed by atoms with van der Waals surface area (Å²) in [5.41, 5.74) is 0.828. The molecule has 1 saturated carbocycles. The molecule has 0 aliphatic heterocycles. The molecule has 0 spiro atoms. The lowest BCUT2D eigenvalue weighted by Crippen LogP contribution is -2.29. The number of aliphatic hydroxyl groups excluding tert-OH is 1. The van der Waals surface area contributed by atoms with E-state index in [1.807, 2.05) is 15.8 Å². The molecule has 0 bridgehead atoms. The van der Waals surface area contributed by atoms with Crippen molar-refractivity contribution in [2.24, 2.45) is 7.05 Å². The predicted molar refractivity (Wildman–Crippen MR) is 84.1 cm³/mol. The zero-order chi connectivity index (χ0) is 15.3. The molecule has 3 aromatic rings. The van der Waals surface area contributed by atoms with Crippen LogP contribution in [-0.4, -0.2) is 48.4 Å². The smallest absolute Gasteiger partial charge is 0.272 e. The Labute approximate surface area is 130 Å². The van der Waals surface area contributed by atoms with Crippen molar-refractivity contribution in [2.45, 2.75) is 25.4 Å². The lowest BCUT2D eigenvalue weighted by atomic mass is 10.4. The Morgan fingerprint density at radius 3 is 3.00 bits per heavy atom. The van der Waals surface area contributed by atoms with E-state index in [1.54, 1.807) is 11.6 Å². The van der Waals surface area contributed by atoms with Gasteiger partial charge in [0.25, 0.3) is 5.56 Å². The van der Waals surface area contributed by atoms with Crippen molar-refractivity contribution in [3.8, 4) is 0 Å². The van der Waals surface area contributed by atoms with Crippen LogP contribution in [0.4, 0.5) is 0 Å². The molecule has 4 rings (SSSR count). The number of aromatic nitrogens is 4. The fourth-order valence-corrected chi connectivity index (χ4v) is 3.75. The van der Waals surface area contributed by atoms with Crippen molar-refractivity contribution in [3.05, 3.63) is 27.6 Å². The molecule has 1 fully saturated rings. The monoisotopic (exact) mass is 319 g/mol. The fraction of sp³-hybridized carbons (Fsp3) is 0.500. The highest BCUT2D eigenvalue weighted by atomic mass is 32.1. The molecular weight excluding hydrogens is 302 g/mol. The van der Waals surface area contributed by atoms with Gasteiger partial charge in [-0.1, -0.05) is 0 Å². The van der Waals surface area contributed by atoms with Crippen LogP contribution in [0.25, 0.3) is 16.0 Å². The van der Waals surface area contributed by atoms with Crippen molar-refractivity contribution in [1.82, 2.24) is 24.1 Å². The molecule has 1 N–H and O–H groups in total. The highest BCUT2D eigenvalue weighted by Crippen LogP contribution is 2.28. The molecule has 0 saturated heterocycles. The fourth-order valence-electron chi connectivity index (χ4n) is 2.90. The summed E-state index contributed by atoms with van der Waals surface area (Å²) >= 11 is 1.44. The van der Waals surface area contributed by atoms with Crippen molar-refractivity contribution < 1.29 is 5.11 Å². The first kappa shape index (κ1) is 13.9. The van der Waals surface area contributed by atoms with E-state index in [4.69, 9.17) is 0 Å². The molecule has 1 aliphatic carbocycles. The van der Waals surface area contributed by atoms with Crippen molar-refractivity contribution in [1.29, 1.82) is 0 Å². The molecule has 8 heteroatoms. The third kappa shape index (κ3) is 2.06. The summed E-state index contributed by atoms with van der Waals surface area (Å²) in [6.45, 7) is 1.41. The van der Waals surface area contributed by atoms with Crippen LogP contribution in [0.2, 0.25) is 0 Å². The molecule has 0 unspecified atom stereocenters. The van der Waals surface area contributed by atoms with Crippen LogP contribution in [0.1, 0.15) is 18.7 Å². The number of hydrogen-bond acceptors (Lipinski definition) is 6. The Hall–Kier alpha value is -1.77. The Bertz CT molecular complexity index is 892. The number of thiophene rings is 1. The van der Waals surface area contributed by atoms with Crippen LogP contribution in [0.15, 0.2) is 16.2 Å². The molecule has 116 valence electrons. The van der Waals surface area contributed by atoms with Gasteiger partial charge in [0.15, 0.2) is 5.82 Å². The van der Waals surface area contributed by atoms with Crippen molar-refractivity contribution in [3.63, 3.8) is 0 Å². The number of nitrogens with zero attached hydrogens (tertiary/aromatic N) is 5. The Morgan fingerprint density at radius 2 is 2.27 bits per heavy atom. The quantitative estimate of drug-likeness (QED) is 0.745. The minimum absolute atomic E-state index is 0.0362. The molecule has 3 heterocycles. The third-order valence-corrected chi connectivity index (χ3v) is 5.08. The van der Waals surface area contributed by atoms with Gasteiger partial charge in [0.2, 0.25) is 5.78 Å². The van der Waals surface area contributed by atoms with Gasteiger partial charge >= 0.3 is 0 Å². The van der Waals surface area contributed by atoms with Gasteiger partial charge in [-0.05, 0) is 24.3 Å². The van der Waals surface area contributed by atoms with Gasteiger partial charge in [0.1, 0.15) is 4.70 Å². The van der Waals surface area contributed by atoms with E-state index < -0.39 is 0 Å². The first-order valence-electron chi connectivity index (χ1n) is 7.36. The molecule has 7 nitrogen and oxygen atoms in total. The molecule has 1 aliphatic rings. The van der Waals surface area contributed by atoms with E-state index in [-0.39, 0.29) is 12.2 Å². The van der Waals surface area contributed by atoms with Crippen LogP contribution < -0.4 is 5.56 Å². The molecular formula is C14H17N5O2S. The molecule has 3 aromatic heterocycles. The second kappa shape index (κ2) is 5.15. The van der Waals surface area contributed by atoms with Gasteiger partial charge in [0.05, 0.1) is 18.7 Å². The van der Waals surface area contributed by atoms with E-state index in [1.165, 1.54) is 24.2 Å². The lowest BCUT2D eigenvalue weighted by molar-refractivity contribution is 0.180. The van der Waals surface area contributed by atoms with Gasteiger partial charge in [-0.3, -0.25) is 18.7 Å². The average molecular weight is 319 g/mol. The lowest BCUT2D eigenvalue weighted by Gasteiger charge is -2.19. The summed E-state index contributed by atoms with van der Waals surface area (Å²) < 4.78 is 4.22. The number of aryl methyl sites for hydroxylation is 1. The van der Waals surface area contributed by atoms with Crippen molar-refractivity contribution >= 4 is 27.3 Å². The van der Waals surface area contributed by atoms with Gasteiger partial charge in [-0.25, -0.2) is 0 Å². The van der Waals surface area contributed by atoms with Gasteiger partial charge in [0, 0.05) is 19.6 Å². The number of rotatable bonds is 5. The highest BCUT2D eigenvalue weighted by molar-refractivity contribution is 7.17. The zero-order valence-corrected chi connectivity index (χ0v) is 13.1. The SMILES string of the molecule is Cn1c(=O)c2sccc2n2c(CN(CCO)C3CC3)nnc12. The number of fused-ring (bicyclic) bond motifs is 3. The standard InChI is InChI=1S/C14H17N5O2S/c1-17-13(21)12-10(4-7-22-12)19-11(15-16-14(17)19)8-18(5-6-20)9-2-3-9/h4,7,9,20H,2-3,5-6,8H2,1H3. The van der Waals surface area contributed by atoms with E-state index >= 15 is 0 Å².